The molecule has 6 heteroatoms. The maximum Gasteiger partial charge on any atom is 0.221 e. The van der Waals surface area contributed by atoms with Crippen molar-refractivity contribution in [3.63, 3.8) is 0 Å². The molecular formula is C15H18FN3O2. The van der Waals surface area contributed by atoms with E-state index in [1.54, 1.807) is 30.1 Å². The lowest BCUT2D eigenvalue weighted by atomic mass is 9.96. The second-order valence-corrected chi connectivity index (χ2v) is 5.08. The van der Waals surface area contributed by atoms with Gasteiger partial charge in [0.15, 0.2) is 0 Å². The van der Waals surface area contributed by atoms with Gasteiger partial charge in [-0.15, -0.1) is 0 Å². The fourth-order valence-electron chi connectivity index (χ4n) is 1.92. The van der Waals surface area contributed by atoms with E-state index in [0.29, 0.717) is 12.1 Å². The van der Waals surface area contributed by atoms with Crippen LogP contribution >= 0.6 is 0 Å². The average Bonchev–Trinajstić information content (AvgIpc) is 2.97. The molecular weight excluding hydrogens is 273 g/mol. The third-order valence-corrected chi connectivity index (χ3v) is 3.22. The highest BCUT2D eigenvalue weighted by molar-refractivity contribution is 5.75. The quantitative estimate of drug-likeness (QED) is 0.846. The van der Waals surface area contributed by atoms with E-state index in [1.165, 1.54) is 24.3 Å². The molecule has 0 saturated heterocycles. The summed E-state index contributed by atoms with van der Waals surface area (Å²) in [5.74, 6) is -0.536. The van der Waals surface area contributed by atoms with Crippen LogP contribution in [0.4, 0.5) is 4.39 Å². The third-order valence-electron chi connectivity index (χ3n) is 3.22. The highest BCUT2D eigenvalue weighted by atomic mass is 19.1. The van der Waals surface area contributed by atoms with Crippen molar-refractivity contribution < 1.29 is 14.3 Å². The number of nitrogens with one attached hydrogen (secondary N) is 1. The van der Waals surface area contributed by atoms with E-state index in [-0.39, 0.29) is 24.7 Å². The van der Waals surface area contributed by atoms with Gasteiger partial charge in [0.05, 0.1) is 6.54 Å². The minimum atomic E-state index is -1.24. The van der Waals surface area contributed by atoms with Gasteiger partial charge in [0.1, 0.15) is 11.4 Å². The molecule has 1 unspecified atom stereocenters. The Morgan fingerprint density at radius 1 is 1.43 bits per heavy atom. The molecule has 0 fully saturated rings. The van der Waals surface area contributed by atoms with E-state index >= 15 is 0 Å². The van der Waals surface area contributed by atoms with E-state index in [1.807, 2.05) is 0 Å². The molecule has 0 spiro atoms. The van der Waals surface area contributed by atoms with Crippen molar-refractivity contribution in [1.82, 2.24) is 15.1 Å². The van der Waals surface area contributed by atoms with E-state index in [9.17, 15) is 14.3 Å². The summed E-state index contributed by atoms with van der Waals surface area (Å²) >= 11 is 0. The molecule has 21 heavy (non-hydrogen) atoms. The standard InChI is InChI=1S/C15H18FN3O2/c1-15(21,12-3-5-13(16)6-4-12)11-17-14(20)7-10-19-9-2-8-18-19/h2-6,8-9,21H,7,10-11H2,1H3,(H,17,20). The maximum atomic E-state index is 12.9. The van der Waals surface area contributed by atoms with Gasteiger partial charge >= 0.3 is 0 Å². The lowest BCUT2D eigenvalue weighted by Crippen LogP contribution is -2.38. The average molecular weight is 291 g/mol. The number of aromatic nitrogens is 2. The highest BCUT2D eigenvalue weighted by Gasteiger charge is 2.23. The van der Waals surface area contributed by atoms with Crippen LogP contribution in [0.25, 0.3) is 0 Å². The zero-order valence-electron chi connectivity index (χ0n) is 11.8. The summed E-state index contributed by atoms with van der Waals surface area (Å²) in [6.07, 6.45) is 3.71. The number of aliphatic hydroxyl groups is 1. The zero-order valence-corrected chi connectivity index (χ0v) is 11.8. The number of amides is 1. The van der Waals surface area contributed by atoms with Crippen molar-refractivity contribution in [3.05, 3.63) is 54.1 Å². The van der Waals surface area contributed by atoms with E-state index in [4.69, 9.17) is 0 Å². The van der Waals surface area contributed by atoms with Crippen molar-refractivity contribution in [3.8, 4) is 0 Å². The van der Waals surface area contributed by atoms with Gasteiger partial charge in [-0.05, 0) is 30.7 Å². The summed E-state index contributed by atoms with van der Waals surface area (Å²) in [4.78, 5) is 11.7. The molecule has 2 aromatic rings. The largest absolute Gasteiger partial charge is 0.384 e. The van der Waals surface area contributed by atoms with Gasteiger partial charge in [-0.2, -0.15) is 5.10 Å². The van der Waals surface area contributed by atoms with Gasteiger partial charge in [-0.3, -0.25) is 9.48 Å². The normalized spacial score (nSPS) is 13.7. The van der Waals surface area contributed by atoms with Crippen LogP contribution in [0.2, 0.25) is 0 Å². The van der Waals surface area contributed by atoms with Gasteiger partial charge in [-0.1, -0.05) is 12.1 Å². The number of halogens is 1. The lowest BCUT2D eigenvalue weighted by molar-refractivity contribution is -0.122. The molecule has 0 aliphatic rings. The number of hydrogen-bond acceptors (Lipinski definition) is 3. The van der Waals surface area contributed by atoms with Crippen LogP contribution in [-0.2, 0) is 16.9 Å². The molecule has 5 nitrogen and oxygen atoms in total. The second-order valence-electron chi connectivity index (χ2n) is 5.08. The van der Waals surface area contributed by atoms with Crippen LogP contribution in [0.3, 0.4) is 0 Å². The molecule has 0 saturated carbocycles. The van der Waals surface area contributed by atoms with Gasteiger partial charge in [0, 0.05) is 25.4 Å². The summed E-state index contributed by atoms with van der Waals surface area (Å²) in [7, 11) is 0. The Balaban J connectivity index is 1.83. The molecule has 1 aromatic heterocycles. The smallest absolute Gasteiger partial charge is 0.221 e. The van der Waals surface area contributed by atoms with Crippen molar-refractivity contribution in [2.45, 2.75) is 25.5 Å². The second kappa shape index (κ2) is 6.49. The first-order valence-corrected chi connectivity index (χ1v) is 6.70. The molecule has 2 N–H and O–H groups in total. The first-order chi connectivity index (χ1) is 9.97. The van der Waals surface area contributed by atoms with Crippen LogP contribution in [0, 0.1) is 5.82 Å². The fraction of sp³-hybridized carbons (Fsp3) is 0.333. The summed E-state index contributed by atoms with van der Waals surface area (Å²) in [5, 5.41) is 17.0. The molecule has 0 aliphatic carbocycles. The van der Waals surface area contributed by atoms with Crippen LogP contribution < -0.4 is 5.32 Å². The summed E-state index contributed by atoms with van der Waals surface area (Å²) in [6.45, 7) is 2.13. The van der Waals surface area contributed by atoms with Crippen LogP contribution in [0.1, 0.15) is 18.9 Å². The number of aryl methyl sites for hydroxylation is 1. The molecule has 1 aromatic carbocycles. The minimum Gasteiger partial charge on any atom is -0.384 e. The number of rotatable bonds is 6. The van der Waals surface area contributed by atoms with Crippen molar-refractivity contribution in [2.24, 2.45) is 0 Å². The van der Waals surface area contributed by atoms with Crippen molar-refractivity contribution >= 4 is 5.91 Å². The predicted octanol–water partition coefficient (Wildman–Crippen LogP) is 1.44. The molecule has 0 bridgehead atoms. The fourth-order valence-corrected chi connectivity index (χ4v) is 1.92. The van der Waals surface area contributed by atoms with Gasteiger partial charge < -0.3 is 10.4 Å². The SMILES string of the molecule is CC(O)(CNC(=O)CCn1cccn1)c1ccc(F)cc1. The first kappa shape index (κ1) is 15.2. The topological polar surface area (TPSA) is 67.2 Å². The summed E-state index contributed by atoms with van der Waals surface area (Å²) < 4.78 is 14.5. The number of hydrogen-bond donors (Lipinski definition) is 2. The van der Waals surface area contributed by atoms with Crippen LogP contribution in [-0.4, -0.2) is 27.3 Å². The summed E-state index contributed by atoms with van der Waals surface area (Å²) in [5.41, 5.74) is -0.689. The number of benzene rings is 1. The highest BCUT2D eigenvalue weighted by Crippen LogP contribution is 2.19. The predicted molar refractivity (Wildman–Crippen MR) is 75.8 cm³/mol. The Labute approximate surface area is 122 Å². The molecule has 2 rings (SSSR count). The Kier molecular flexibility index (Phi) is 4.70. The zero-order chi connectivity index (χ0) is 15.3. The number of nitrogens with zero attached hydrogens (tertiary/aromatic N) is 2. The van der Waals surface area contributed by atoms with E-state index in [2.05, 4.69) is 10.4 Å². The minimum absolute atomic E-state index is 0.0660. The third kappa shape index (κ3) is 4.39. The number of carbonyl (C=O) groups excluding carboxylic acids is 1. The number of carbonyl (C=O) groups is 1. The van der Waals surface area contributed by atoms with Crippen molar-refractivity contribution in [1.29, 1.82) is 0 Å². The van der Waals surface area contributed by atoms with Crippen LogP contribution in [0.5, 0.6) is 0 Å². The molecule has 1 amide bonds. The lowest BCUT2D eigenvalue weighted by Gasteiger charge is -2.24. The monoisotopic (exact) mass is 291 g/mol. The Morgan fingerprint density at radius 3 is 2.76 bits per heavy atom. The molecule has 112 valence electrons. The van der Waals surface area contributed by atoms with Gasteiger partial charge in [-0.25, -0.2) is 4.39 Å². The Bertz CT molecular complexity index is 579. The summed E-state index contributed by atoms with van der Waals surface area (Å²) in [6, 6.07) is 7.36. The molecule has 0 aliphatic heterocycles. The first-order valence-electron chi connectivity index (χ1n) is 6.70. The van der Waals surface area contributed by atoms with E-state index < -0.39 is 5.60 Å². The van der Waals surface area contributed by atoms with Gasteiger partial charge in [0.2, 0.25) is 5.91 Å². The van der Waals surface area contributed by atoms with Gasteiger partial charge in [0.25, 0.3) is 0 Å². The molecule has 1 atom stereocenters. The van der Waals surface area contributed by atoms with Crippen molar-refractivity contribution in [2.75, 3.05) is 6.54 Å². The Hall–Kier alpha value is -2.21. The molecule has 0 radical (unpaired) electrons. The van der Waals surface area contributed by atoms with Crippen LogP contribution in [0.15, 0.2) is 42.7 Å². The maximum absolute atomic E-state index is 12.9. The molecule has 1 heterocycles. The van der Waals surface area contributed by atoms with E-state index in [0.717, 1.165) is 0 Å². The Morgan fingerprint density at radius 2 is 2.14 bits per heavy atom.